The Morgan fingerprint density at radius 2 is 1.08 bits per heavy atom. The lowest BCUT2D eigenvalue weighted by Gasteiger charge is -2.11. The average Bonchev–Trinajstić information content (AvgIpc) is 2.98. The highest BCUT2D eigenvalue weighted by atomic mass is 27.2. The van der Waals surface area contributed by atoms with E-state index in [4.69, 9.17) is 12.3 Å². The highest BCUT2D eigenvalue weighted by Crippen LogP contribution is 2.25. The first-order chi connectivity index (χ1) is 19.1. The lowest BCUT2D eigenvalue weighted by molar-refractivity contribution is 0.419. The molecule has 6 aromatic rings. The van der Waals surface area contributed by atoms with Gasteiger partial charge in [-0.25, -0.2) is 9.97 Å². The van der Waals surface area contributed by atoms with Crippen LogP contribution in [0.5, 0.6) is 17.2 Å². The monoisotopic (exact) mass is 527 g/mol. The van der Waals surface area contributed by atoms with E-state index in [0.717, 1.165) is 50.4 Å². The smallest absolute Gasteiger partial charge is 0.616 e. The van der Waals surface area contributed by atoms with Gasteiger partial charge < -0.3 is 12.3 Å². The summed E-state index contributed by atoms with van der Waals surface area (Å²) in [5.74, 6) is 2.41. The summed E-state index contributed by atoms with van der Waals surface area (Å²) in [5, 5.41) is 2.18. The van der Waals surface area contributed by atoms with E-state index in [-0.39, 0.29) is 0 Å². The third kappa shape index (κ3) is 6.56. The van der Waals surface area contributed by atoms with Crippen molar-refractivity contribution in [2.75, 3.05) is 7.11 Å². The number of ether oxygens (including phenoxy) is 1. The minimum atomic E-state index is -0.665. The molecule has 0 unspecified atom stereocenters. The molecule has 1 radical (unpaired) electrons. The molecule has 0 aliphatic heterocycles. The van der Waals surface area contributed by atoms with Gasteiger partial charge >= 0.3 is 15.9 Å². The Morgan fingerprint density at radius 3 is 1.69 bits per heavy atom. The van der Waals surface area contributed by atoms with E-state index in [9.17, 15) is 0 Å². The van der Waals surface area contributed by atoms with Gasteiger partial charge in [-0.15, -0.1) is 0 Å². The molecule has 0 saturated carbocycles. The van der Waals surface area contributed by atoms with Gasteiger partial charge in [0.15, 0.2) is 0 Å². The Balaban J connectivity index is 0.000000198. The summed E-state index contributed by atoms with van der Waals surface area (Å²) in [6.07, 6.45) is 0. The summed E-state index contributed by atoms with van der Waals surface area (Å²) in [4.78, 5) is 9.00. The minimum Gasteiger partial charge on any atom is -0.616 e. The van der Waals surface area contributed by atoms with Crippen LogP contribution >= 0.6 is 0 Å². The van der Waals surface area contributed by atoms with Gasteiger partial charge in [0.25, 0.3) is 0 Å². The second-order valence-electron chi connectivity index (χ2n) is 8.99. The molecule has 2 heterocycles. The van der Waals surface area contributed by atoms with Crippen molar-refractivity contribution in [3.63, 3.8) is 0 Å². The normalized spacial score (nSPS) is 10.4. The van der Waals surface area contributed by atoms with Crippen molar-refractivity contribution in [1.29, 1.82) is 0 Å². The van der Waals surface area contributed by atoms with Crippen LogP contribution in [0.2, 0.25) is 0 Å². The van der Waals surface area contributed by atoms with E-state index in [0.29, 0.717) is 0 Å². The number of methoxy groups -OCH3 is 1. The highest BCUT2D eigenvalue weighted by molar-refractivity contribution is 6.21. The van der Waals surface area contributed by atoms with Crippen LogP contribution in [0.1, 0.15) is 11.4 Å². The zero-order chi connectivity index (χ0) is 27.0. The number of hydrogen-bond donors (Lipinski definition) is 0. The molecule has 0 amide bonds. The molecule has 0 spiro atoms. The van der Waals surface area contributed by atoms with Crippen LogP contribution in [0.3, 0.4) is 0 Å². The Bertz CT molecular complexity index is 1690. The van der Waals surface area contributed by atoms with Gasteiger partial charge in [-0.3, -0.25) is 0 Å². The summed E-state index contributed by atoms with van der Waals surface area (Å²) in [5.41, 5.74) is 6.16. The largest absolute Gasteiger partial charge is 0.881 e. The van der Waals surface area contributed by atoms with Gasteiger partial charge in [0.05, 0.1) is 12.9 Å². The first-order valence-corrected chi connectivity index (χ1v) is 13.6. The molecule has 0 fully saturated rings. The molecule has 5 nitrogen and oxygen atoms in total. The van der Waals surface area contributed by atoms with E-state index < -0.39 is 15.9 Å². The predicted octanol–water partition coefficient (Wildman–Crippen LogP) is 7.75. The van der Waals surface area contributed by atoms with Crippen LogP contribution < -0.4 is 12.3 Å². The molecular formula is C33H28AlN2O3. The molecule has 0 aliphatic carbocycles. The van der Waals surface area contributed by atoms with E-state index in [1.165, 1.54) is 11.1 Å². The van der Waals surface area contributed by atoms with Crippen molar-refractivity contribution in [3.05, 3.63) is 127 Å². The van der Waals surface area contributed by atoms with Crippen molar-refractivity contribution in [2.24, 2.45) is 0 Å². The lowest BCUT2D eigenvalue weighted by atomic mass is 10.1. The molecule has 39 heavy (non-hydrogen) atoms. The maximum absolute atomic E-state index is 5.89. The summed E-state index contributed by atoms with van der Waals surface area (Å²) in [6.45, 7) is 3.96. The second kappa shape index (κ2) is 12.5. The third-order valence-electron chi connectivity index (χ3n) is 6.19. The van der Waals surface area contributed by atoms with Crippen LogP contribution in [-0.2, 0) is 0 Å². The SMILES string of the molecule is COc1cccc2ccc(C)nc12.Cc1ccc2cccc([O][Al][O]c3ccc(-c4ccccc4)cc3)c2n1. The van der Waals surface area contributed by atoms with Crippen molar-refractivity contribution in [2.45, 2.75) is 13.8 Å². The van der Waals surface area contributed by atoms with E-state index in [1.54, 1.807) is 7.11 Å². The number of rotatable bonds is 6. The van der Waals surface area contributed by atoms with Crippen molar-refractivity contribution in [1.82, 2.24) is 9.97 Å². The molecule has 0 saturated heterocycles. The van der Waals surface area contributed by atoms with Gasteiger partial charge in [-0.1, -0.05) is 78.9 Å². The molecule has 2 aromatic heterocycles. The number of para-hydroxylation sites is 2. The highest BCUT2D eigenvalue weighted by Gasteiger charge is 2.10. The number of aromatic nitrogens is 2. The summed E-state index contributed by atoms with van der Waals surface area (Å²) in [7, 11) is 1.67. The molecule has 4 aromatic carbocycles. The number of aryl methyl sites for hydroxylation is 2. The summed E-state index contributed by atoms with van der Waals surface area (Å²) >= 11 is -0.665. The molecule has 0 N–H and O–H groups in total. The van der Waals surface area contributed by atoms with Crippen LogP contribution in [0.25, 0.3) is 32.9 Å². The lowest BCUT2D eigenvalue weighted by Crippen LogP contribution is -2.11. The quantitative estimate of drug-likeness (QED) is 0.207. The summed E-state index contributed by atoms with van der Waals surface area (Å²) < 4.78 is 16.9. The summed E-state index contributed by atoms with van der Waals surface area (Å²) in [6, 6.07) is 38.4. The maximum Gasteiger partial charge on any atom is 0.881 e. The van der Waals surface area contributed by atoms with Gasteiger partial charge in [0, 0.05) is 22.2 Å². The fourth-order valence-corrected chi connectivity index (χ4v) is 4.79. The molecule has 0 atom stereocenters. The standard InChI is InChI=1S/C12H10O.C11H11NO.C10H9NO.Al/c13-12-8-6-11(7-9-12)10-4-2-1-3-5-10;1-8-6-7-9-4-3-5-10(13-2)11(9)12-8;1-7-5-6-8-3-2-4-9(12)10(8)11-7;/h1-9,13H;3-7H,1-2H3;2-6,12H,1H3;/q;;;+2/p-2. The maximum atomic E-state index is 5.89. The molecule has 0 aliphatic rings. The van der Waals surface area contributed by atoms with E-state index in [1.807, 2.05) is 92.7 Å². The Hall–Kier alpha value is -4.37. The topological polar surface area (TPSA) is 53.5 Å². The second-order valence-corrected chi connectivity index (χ2v) is 9.65. The fraction of sp³-hybridized carbons (Fsp3) is 0.0909. The van der Waals surface area contributed by atoms with Gasteiger partial charge in [0.1, 0.15) is 22.5 Å². The van der Waals surface area contributed by atoms with Gasteiger partial charge in [-0.05, 0) is 61.4 Å². The molecule has 6 rings (SSSR count). The molecular weight excluding hydrogens is 499 g/mol. The first kappa shape index (κ1) is 26.2. The third-order valence-corrected chi connectivity index (χ3v) is 6.90. The predicted molar refractivity (Wildman–Crippen MR) is 158 cm³/mol. The zero-order valence-corrected chi connectivity index (χ0v) is 23.3. The number of fused-ring (bicyclic) bond motifs is 2. The van der Waals surface area contributed by atoms with Crippen molar-refractivity contribution >= 4 is 37.7 Å². The number of pyridine rings is 2. The van der Waals surface area contributed by atoms with Crippen LogP contribution in [0.15, 0.2) is 115 Å². The fourth-order valence-electron chi connectivity index (χ4n) is 4.18. The Kier molecular flexibility index (Phi) is 8.38. The molecule has 0 bridgehead atoms. The van der Waals surface area contributed by atoms with E-state index >= 15 is 0 Å². The van der Waals surface area contributed by atoms with Gasteiger partial charge in [0.2, 0.25) is 0 Å². The van der Waals surface area contributed by atoms with Crippen molar-refractivity contribution < 1.29 is 12.3 Å². The van der Waals surface area contributed by atoms with Crippen LogP contribution in [-0.4, -0.2) is 33.0 Å². The Morgan fingerprint density at radius 1 is 0.513 bits per heavy atom. The minimum absolute atomic E-state index is 0.665. The number of nitrogens with zero attached hydrogens (tertiary/aromatic N) is 2. The first-order valence-electron chi connectivity index (χ1n) is 12.7. The zero-order valence-electron chi connectivity index (χ0n) is 22.2. The molecule has 6 heteroatoms. The Labute approximate surface area is 235 Å². The molecule has 191 valence electrons. The van der Waals surface area contributed by atoms with Crippen molar-refractivity contribution in [3.8, 4) is 28.4 Å². The number of hydrogen-bond acceptors (Lipinski definition) is 5. The van der Waals surface area contributed by atoms with E-state index in [2.05, 4.69) is 46.4 Å². The van der Waals surface area contributed by atoms with Crippen LogP contribution in [0, 0.1) is 13.8 Å². The van der Waals surface area contributed by atoms with Gasteiger partial charge in [-0.2, -0.15) is 0 Å². The average molecular weight is 528 g/mol. The van der Waals surface area contributed by atoms with Crippen LogP contribution in [0.4, 0.5) is 0 Å². The number of benzene rings is 4.